The monoisotopic (exact) mass is 379 g/mol. The highest BCUT2D eigenvalue weighted by atomic mass is 16.5. The topological polar surface area (TPSA) is 73.8 Å². The zero-order valence-corrected chi connectivity index (χ0v) is 15.7. The molecule has 3 rings (SSSR count). The number of nitrogens with zero attached hydrogens (tertiary/aromatic N) is 3. The third-order valence-corrected chi connectivity index (χ3v) is 4.01. The molecule has 0 aliphatic carbocycles. The molecular weight excluding hydrogens is 358 g/mol. The van der Waals surface area contributed by atoms with Gasteiger partial charge in [0.2, 0.25) is 5.88 Å². The van der Waals surface area contributed by atoms with Crippen LogP contribution in [0.15, 0.2) is 60.9 Å². The third kappa shape index (κ3) is 5.20. The van der Waals surface area contributed by atoms with E-state index in [-0.39, 0.29) is 0 Å². The lowest BCUT2D eigenvalue weighted by Crippen LogP contribution is -2.24. The highest BCUT2D eigenvalue weighted by molar-refractivity contribution is 5.74. The predicted molar refractivity (Wildman–Crippen MR) is 106 cm³/mol. The molecule has 3 aromatic rings. The smallest absolute Gasteiger partial charge is 0.224 e. The number of ether oxygens (including phenoxy) is 3. The first-order chi connectivity index (χ1) is 13.7. The Balaban J connectivity index is 1.55. The number of carbonyl (C=O) groups excluding carboxylic acids is 1. The summed E-state index contributed by atoms with van der Waals surface area (Å²) in [5.41, 5.74) is 0.620. The van der Waals surface area contributed by atoms with Crippen molar-refractivity contribution in [3.63, 3.8) is 0 Å². The number of hydrogen-bond donors (Lipinski definition) is 0. The molecule has 28 heavy (non-hydrogen) atoms. The molecule has 0 spiro atoms. The Morgan fingerprint density at radius 3 is 2.32 bits per heavy atom. The molecule has 0 unspecified atom stereocenters. The molecule has 2 aromatic carbocycles. The van der Waals surface area contributed by atoms with E-state index in [1.165, 1.54) is 6.33 Å². The molecule has 0 radical (unpaired) electrons. The number of rotatable bonds is 9. The van der Waals surface area contributed by atoms with Crippen molar-refractivity contribution in [3.8, 4) is 23.1 Å². The SMILES string of the molecule is COc1ccc(Oc2cc(N(C)CCOc3ccc(C=O)cc3)ncn2)cc1. The Bertz CT molecular complexity index is 898. The molecule has 0 N–H and O–H groups in total. The van der Waals surface area contributed by atoms with E-state index < -0.39 is 0 Å². The van der Waals surface area contributed by atoms with Gasteiger partial charge in [-0.1, -0.05) is 0 Å². The van der Waals surface area contributed by atoms with E-state index in [0.717, 1.165) is 17.9 Å². The molecule has 0 amide bonds. The quantitative estimate of drug-likeness (QED) is 0.526. The van der Waals surface area contributed by atoms with Crippen LogP contribution in [0, 0.1) is 0 Å². The molecule has 7 heteroatoms. The second-order valence-electron chi connectivity index (χ2n) is 5.95. The van der Waals surface area contributed by atoms with Crippen LogP contribution < -0.4 is 19.1 Å². The summed E-state index contributed by atoms with van der Waals surface area (Å²) in [7, 11) is 3.53. The van der Waals surface area contributed by atoms with E-state index in [2.05, 4.69) is 9.97 Å². The number of aldehydes is 1. The van der Waals surface area contributed by atoms with Gasteiger partial charge in [0.15, 0.2) is 0 Å². The molecule has 1 heterocycles. The largest absolute Gasteiger partial charge is 0.497 e. The molecule has 0 aliphatic heterocycles. The van der Waals surface area contributed by atoms with Crippen molar-refractivity contribution < 1.29 is 19.0 Å². The minimum atomic E-state index is 0.451. The summed E-state index contributed by atoms with van der Waals surface area (Å²) < 4.78 is 16.6. The van der Waals surface area contributed by atoms with Gasteiger partial charge in [-0.3, -0.25) is 4.79 Å². The van der Waals surface area contributed by atoms with E-state index in [1.54, 1.807) is 37.4 Å². The van der Waals surface area contributed by atoms with E-state index >= 15 is 0 Å². The van der Waals surface area contributed by atoms with Crippen LogP contribution in [-0.4, -0.2) is 43.6 Å². The number of carbonyl (C=O) groups is 1. The summed E-state index contributed by atoms with van der Waals surface area (Å²) in [4.78, 5) is 21.1. The molecule has 7 nitrogen and oxygen atoms in total. The number of anilines is 1. The summed E-state index contributed by atoms with van der Waals surface area (Å²) >= 11 is 0. The number of methoxy groups -OCH3 is 1. The van der Waals surface area contributed by atoms with Gasteiger partial charge in [-0.25, -0.2) is 9.97 Å². The second-order valence-corrected chi connectivity index (χ2v) is 5.95. The zero-order valence-electron chi connectivity index (χ0n) is 15.7. The van der Waals surface area contributed by atoms with Gasteiger partial charge in [0.25, 0.3) is 0 Å². The zero-order chi connectivity index (χ0) is 19.8. The van der Waals surface area contributed by atoms with Gasteiger partial charge >= 0.3 is 0 Å². The van der Waals surface area contributed by atoms with Gasteiger partial charge in [-0.15, -0.1) is 0 Å². The van der Waals surface area contributed by atoms with Crippen LogP contribution in [0.1, 0.15) is 10.4 Å². The van der Waals surface area contributed by atoms with Gasteiger partial charge < -0.3 is 19.1 Å². The maximum absolute atomic E-state index is 10.7. The lowest BCUT2D eigenvalue weighted by molar-refractivity contribution is 0.112. The summed E-state index contributed by atoms with van der Waals surface area (Å²) in [5.74, 6) is 3.31. The van der Waals surface area contributed by atoms with Gasteiger partial charge in [-0.05, 0) is 48.5 Å². The minimum Gasteiger partial charge on any atom is -0.497 e. The Kier molecular flexibility index (Phi) is 6.41. The van der Waals surface area contributed by atoms with Gasteiger partial charge in [0.1, 0.15) is 42.3 Å². The van der Waals surface area contributed by atoms with Crippen molar-refractivity contribution in [2.24, 2.45) is 0 Å². The lowest BCUT2D eigenvalue weighted by atomic mass is 10.2. The second kappa shape index (κ2) is 9.36. The van der Waals surface area contributed by atoms with Gasteiger partial charge in [0, 0.05) is 18.7 Å². The summed E-state index contributed by atoms with van der Waals surface area (Å²) in [6.45, 7) is 1.09. The first-order valence-electron chi connectivity index (χ1n) is 8.71. The third-order valence-electron chi connectivity index (χ3n) is 4.01. The first kappa shape index (κ1) is 19.2. The average molecular weight is 379 g/mol. The average Bonchev–Trinajstić information content (AvgIpc) is 2.75. The summed E-state index contributed by atoms with van der Waals surface area (Å²) in [6, 6.07) is 16.0. The van der Waals surface area contributed by atoms with Crippen LogP contribution in [0.5, 0.6) is 23.1 Å². The number of aromatic nitrogens is 2. The molecular formula is C21H21N3O4. The van der Waals surface area contributed by atoms with Crippen molar-refractivity contribution in [3.05, 3.63) is 66.5 Å². The van der Waals surface area contributed by atoms with Crippen molar-refractivity contribution in [2.75, 3.05) is 32.2 Å². The van der Waals surface area contributed by atoms with E-state index in [4.69, 9.17) is 14.2 Å². The number of benzene rings is 2. The molecule has 0 saturated carbocycles. The van der Waals surface area contributed by atoms with Crippen molar-refractivity contribution >= 4 is 12.1 Å². The van der Waals surface area contributed by atoms with Crippen LogP contribution >= 0.6 is 0 Å². The van der Waals surface area contributed by atoms with Gasteiger partial charge in [-0.2, -0.15) is 0 Å². The number of likely N-dealkylation sites (N-methyl/N-ethyl adjacent to an activating group) is 1. The van der Waals surface area contributed by atoms with Crippen LogP contribution in [0.3, 0.4) is 0 Å². The molecule has 0 bridgehead atoms. The van der Waals surface area contributed by atoms with Crippen LogP contribution in [0.2, 0.25) is 0 Å². The summed E-state index contributed by atoms with van der Waals surface area (Å²) in [6.07, 6.45) is 2.27. The molecule has 144 valence electrons. The molecule has 0 saturated heterocycles. The Morgan fingerprint density at radius 1 is 0.964 bits per heavy atom. The van der Waals surface area contributed by atoms with Crippen LogP contribution in [-0.2, 0) is 0 Å². The highest BCUT2D eigenvalue weighted by Gasteiger charge is 2.07. The van der Waals surface area contributed by atoms with Crippen molar-refractivity contribution in [1.29, 1.82) is 0 Å². The minimum absolute atomic E-state index is 0.451. The fourth-order valence-electron chi connectivity index (χ4n) is 2.42. The molecule has 0 fully saturated rings. The van der Waals surface area contributed by atoms with E-state index in [9.17, 15) is 4.79 Å². The maximum Gasteiger partial charge on any atom is 0.224 e. The van der Waals surface area contributed by atoms with E-state index in [0.29, 0.717) is 36.1 Å². The molecule has 1 aromatic heterocycles. The number of hydrogen-bond acceptors (Lipinski definition) is 7. The maximum atomic E-state index is 10.7. The van der Waals surface area contributed by atoms with Gasteiger partial charge in [0.05, 0.1) is 13.7 Å². The Labute approximate surface area is 163 Å². The van der Waals surface area contributed by atoms with Crippen LogP contribution in [0.25, 0.3) is 0 Å². The highest BCUT2D eigenvalue weighted by Crippen LogP contribution is 2.24. The lowest BCUT2D eigenvalue weighted by Gasteiger charge is -2.18. The van der Waals surface area contributed by atoms with Crippen molar-refractivity contribution in [2.45, 2.75) is 0 Å². The Hall–Kier alpha value is -3.61. The Morgan fingerprint density at radius 2 is 1.64 bits per heavy atom. The van der Waals surface area contributed by atoms with Crippen LogP contribution in [0.4, 0.5) is 5.82 Å². The predicted octanol–water partition coefficient (Wildman–Crippen LogP) is 3.61. The fourth-order valence-corrected chi connectivity index (χ4v) is 2.42. The van der Waals surface area contributed by atoms with E-state index in [1.807, 2.05) is 36.2 Å². The summed E-state index contributed by atoms with van der Waals surface area (Å²) in [5, 5.41) is 0. The molecule has 0 atom stereocenters. The van der Waals surface area contributed by atoms with Crippen molar-refractivity contribution in [1.82, 2.24) is 9.97 Å². The fraction of sp³-hybridized carbons (Fsp3) is 0.190. The normalized spacial score (nSPS) is 10.2. The molecule has 0 aliphatic rings. The standard InChI is InChI=1S/C21H21N3O4/c1-24(11-12-27-18-5-3-16(14-25)4-6-18)20-13-21(23-15-22-20)28-19-9-7-17(26-2)8-10-19/h3-10,13-15H,11-12H2,1-2H3. The first-order valence-corrected chi connectivity index (χ1v) is 8.71.